The largest absolute Gasteiger partial charge is 0.471 e. The Kier molecular flexibility index (Phi) is 2.60. The molecule has 1 heterocycles. The molecule has 0 aromatic carbocycles. The van der Waals surface area contributed by atoms with Gasteiger partial charge in [-0.2, -0.15) is 17.6 Å². The molecule has 0 bridgehead atoms. The van der Waals surface area contributed by atoms with Gasteiger partial charge in [-0.1, -0.05) is 0 Å². The third-order valence-electron chi connectivity index (χ3n) is 1.58. The van der Waals surface area contributed by atoms with Gasteiger partial charge < -0.3 is 4.18 Å². The van der Waals surface area contributed by atoms with Crippen LogP contribution in [0.25, 0.3) is 0 Å². The van der Waals surface area contributed by atoms with Crippen LogP contribution in [0.5, 0.6) is 6.01 Å². The third-order valence-corrected chi connectivity index (χ3v) is 2.04. The molecule has 6 heteroatoms. The second-order valence-corrected chi connectivity index (χ2v) is 4.34. The topological polar surface area (TPSA) is 52.2 Å². The minimum absolute atomic E-state index is 0.324. The summed E-state index contributed by atoms with van der Waals surface area (Å²) in [5, 5.41) is 0. The molecule has 0 aliphatic carbocycles. The van der Waals surface area contributed by atoms with Crippen molar-refractivity contribution in [3.8, 4) is 6.01 Å². The molecule has 0 unspecified atom stereocenters. The number of imidazole rings is 1. The van der Waals surface area contributed by atoms with Crippen LogP contribution in [0.15, 0.2) is 12.4 Å². The van der Waals surface area contributed by atoms with Gasteiger partial charge >= 0.3 is 16.1 Å². The fourth-order valence-corrected chi connectivity index (χ4v) is 1.48. The quantitative estimate of drug-likeness (QED) is 0.501. The molecule has 1 aromatic heterocycles. The van der Waals surface area contributed by atoms with Gasteiger partial charge in [0.2, 0.25) is 0 Å². The van der Waals surface area contributed by atoms with Crippen molar-refractivity contribution in [1.29, 1.82) is 0 Å². The van der Waals surface area contributed by atoms with Crippen molar-refractivity contribution in [2.75, 3.05) is 6.26 Å². The molecule has 0 radical (unpaired) electrons. The number of aromatic nitrogens is 2. The van der Waals surface area contributed by atoms with Crippen molar-refractivity contribution >= 4 is 10.1 Å². The second-order valence-electron chi connectivity index (χ2n) is 2.77. The summed E-state index contributed by atoms with van der Waals surface area (Å²) in [6.07, 6.45) is 4.53. The van der Waals surface area contributed by atoms with Gasteiger partial charge in [0.15, 0.2) is 0 Å². The second kappa shape index (κ2) is 3.37. The molecular weight excluding hydrogens is 192 g/mol. The van der Waals surface area contributed by atoms with Gasteiger partial charge in [0.05, 0.1) is 19.8 Å². The normalized spacial score (nSPS) is 11.6. The molecule has 0 aliphatic heterocycles. The van der Waals surface area contributed by atoms with Crippen LogP contribution in [0.3, 0.4) is 0 Å². The Morgan fingerprint density at radius 1 is 1.62 bits per heavy atom. The number of hydrogen-bond acceptors (Lipinski definition) is 3. The maximum absolute atomic E-state index is 10.9. The van der Waals surface area contributed by atoms with E-state index in [0.717, 1.165) is 6.26 Å². The predicted octanol–water partition coefficient (Wildman–Crippen LogP) is -0.329. The van der Waals surface area contributed by atoms with Gasteiger partial charge in [0, 0.05) is 0 Å². The van der Waals surface area contributed by atoms with Crippen LogP contribution in [0, 0.1) is 0 Å². The molecule has 5 nitrogen and oxygen atoms in total. The molecule has 0 saturated heterocycles. The third kappa shape index (κ3) is 2.45. The summed E-state index contributed by atoms with van der Waals surface area (Å²) in [4.78, 5) is 0. The molecule has 0 spiro atoms. The van der Waals surface area contributed by atoms with E-state index >= 15 is 0 Å². The average molecular weight is 205 g/mol. The number of nitrogens with zero attached hydrogens (tertiary/aromatic N) is 2. The van der Waals surface area contributed by atoms with Gasteiger partial charge in [-0.3, -0.25) is 0 Å². The number of rotatable bonds is 3. The minimum Gasteiger partial charge on any atom is -0.308 e. The first-order valence-electron chi connectivity index (χ1n) is 3.88. The SMILES string of the molecule is CCn1cc[n+](C)c1OS(C)(=O)=O. The maximum atomic E-state index is 10.9. The van der Waals surface area contributed by atoms with Crippen LogP contribution in [0.2, 0.25) is 0 Å². The van der Waals surface area contributed by atoms with Crippen molar-refractivity contribution in [2.24, 2.45) is 7.05 Å². The van der Waals surface area contributed by atoms with Gasteiger partial charge in [-0.15, -0.1) is 0 Å². The van der Waals surface area contributed by atoms with Crippen molar-refractivity contribution < 1.29 is 17.2 Å². The lowest BCUT2D eigenvalue weighted by atomic mass is 10.7. The summed E-state index contributed by atoms with van der Waals surface area (Å²) in [7, 11) is -1.72. The van der Waals surface area contributed by atoms with Gasteiger partial charge in [-0.25, -0.2) is 0 Å². The van der Waals surface area contributed by atoms with Crippen LogP contribution < -0.4 is 8.75 Å². The molecule has 0 saturated carbocycles. The smallest absolute Gasteiger partial charge is 0.308 e. The first kappa shape index (κ1) is 10.0. The Morgan fingerprint density at radius 3 is 2.69 bits per heavy atom. The van der Waals surface area contributed by atoms with Crippen molar-refractivity contribution in [1.82, 2.24) is 4.57 Å². The highest BCUT2D eigenvalue weighted by Gasteiger charge is 2.19. The molecule has 1 rings (SSSR count). The molecule has 1 aromatic rings. The van der Waals surface area contributed by atoms with Crippen molar-refractivity contribution in [3.63, 3.8) is 0 Å². The van der Waals surface area contributed by atoms with E-state index in [-0.39, 0.29) is 0 Å². The zero-order chi connectivity index (χ0) is 10.1. The zero-order valence-corrected chi connectivity index (χ0v) is 8.71. The predicted molar refractivity (Wildman–Crippen MR) is 46.8 cm³/mol. The first-order valence-corrected chi connectivity index (χ1v) is 5.70. The van der Waals surface area contributed by atoms with E-state index in [4.69, 9.17) is 4.18 Å². The highest BCUT2D eigenvalue weighted by Crippen LogP contribution is 2.06. The van der Waals surface area contributed by atoms with E-state index in [1.54, 1.807) is 28.6 Å². The Labute approximate surface area is 77.7 Å². The van der Waals surface area contributed by atoms with E-state index in [1.165, 1.54) is 0 Å². The molecule has 74 valence electrons. The maximum Gasteiger partial charge on any atom is 0.471 e. The van der Waals surface area contributed by atoms with Gasteiger partial charge in [-0.05, 0) is 6.92 Å². The zero-order valence-electron chi connectivity index (χ0n) is 7.89. The molecule has 0 amide bonds. The van der Waals surface area contributed by atoms with Crippen molar-refractivity contribution in [2.45, 2.75) is 13.5 Å². The lowest BCUT2D eigenvalue weighted by molar-refractivity contribution is -0.674. The van der Waals surface area contributed by atoms with Crippen LogP contribution in [0.4, 0.5) is 0 Å². The molecule has 0 N–H and O–H groups in total. The Bertz CT molecular complexity index is 394. The van der Waals surface area contributed by atoms with Crippen LogP contribution in [-0.2, 0) is 23.7 Å². The molecular formula is C7H13N2O3S+. The number of aryl methyl sites for hydroxylation is 2. The van der Waals surface area contributed by atoms with Gasteiger partial charge in [0.25, 0.3) is 0 Å². The van der Waals surface area contributed by atoms with Crippen LogP contribution >= 0.6 is 0 Å². The minimum atomic E-state index is -3.44. The highest BCUT2D eigenvalue weighted by atomic mass is 32.2. The summed E-state index contributed by atoms with van der Waals surface area (Å²) in [6, 6.07) is 0.324. The highest BCUT2D eigenvalue weighted by molar-refractivity contribution is 7.86. The monoisotopic (exact) mass is 205 g/mol. The lowest BCUT2D eigenvalue weighted by Crippen LogP contribution is -2.30. The fraction of sp³-hybridized carbons (Fsp3) is 0.571. The molecule has 13 heavy (non-hydrogen) atoms. The summed E-state index contributed by atoms with van der Waals surface area (Å²) in [5.41, 5.74) is 0. The first-order chi connectivity index (χ1) is 5.94. The summed E-state index contributed by atoms with van der Waals surface area (Å²) in [5.74, 6) is 0. The van der Waals surface area contributed by atoms with E-state index in [2.05, 4.69) is 0 Å². The molecule has 0 atom stereocenters. The molecule has 0 aliphatic rings. The van der Waals surface area contributed by atoms with E-state index in [9.17, 15) is 8.42 Å². The summed E-state index contributed by atoms with van der Waals surface area (Å²) < 4.78 is 29.9. The van der Waals surface area contributed by atoms with E-state index < -0.39 is 10.1 Å². The van der Waals surface area contributed by atoms with Gasteiger partial charge in [0.1, 0.15) is 12.4 Å². The molecule has 0 fully saturated rings. The van der Waals surface area contributed by atoms with Crippen molar-refractivity contribution in [3.05, 3.63) is 12.4 Å². The summed E-state index contributed by atoms with van der Waals surface area (Å²) in [6.45, 7) is 2.58. The Balaban J connectivity index is 3.05. The van der Waals surface area contributed by atoms with E-state index in [1.807, 2.05) is 6.92 Å². The lowest BCUT2D eigenvalue weighted by Gasteiger charge is -1.99. The van der Waals surface area contributed by atoms with E-state index in [0.29, 0.717) is 12.6 Å². The Morgan fingerprint density at radius 2 is 2.23 bits per heavy atom. The fourth-order valence-electron chi connectivity index (χ4n) is 0.993. The van der Waals surface area contributed by atoms with Crippen LogP contribution in [-0.4, -0.2) is 19.2 Å². The number of hydrogen-bond donors (Lipinski definition) is 0. The average Bonchev–Trinajstić information content (AvgIpc) is 2.30. The van der Waals surface area contributed by atoms with Crippen LogP contribution in [0.1, 0.15) is 6.92 Å². The Hall–Kier alpha value is -1.04. The standard InChI is InChI=1S/C7H13N2O3S/c1-4-9-6-5-8(2)7(9)12-13(3,10)11/h5-6H,4H2,1-3H3/q+1. The summed E-state index contributed by atoms with van der Waals surface area (Å²) >= 11 is 0.